The van der Waals surface area contributed by atoms with E-state index in [0.717, 1.165) is 16.1 Å². The van der Waals surface area contributed by atoms with Gasteiger partial charge in [0.25, 0.3) is 0 Å². The van der Waals surface area contributed by atoms with E-state index in [9.17, 15) is 0 Å². The summed E-state index contributed by atoms with van der Waals surface area (Å²) in [4.78, 5) is 4.69. The molecule has 1 rings (SSSR count). The van der Waals surface area contributed by atoms with Crippen LogP contribution in [0.5, 0.6) is 0 Å². The van der Waals surface area contributed by atoms with Gasteiger partial charge < -0.3 is 4.84 Å². The average Bonchev–Trinajstić information content (AvgIpc) is 2.02. The van der Waals surface area contributed by atoms with Crippen molar-refractivity contribution in [3.63, 3.8) is 0 Å². The van der Waals surface area contributed by atoms with Crippen molar-refractivity contribution in [1.29, 1.82) is 0 Å². The van der Waals surface area contributed by atoms with Crippen molar-refractivity contribution in [3.05, 3.63) is 34.3 Å². The number of benzene rings is 1. The molecule has 0 saturated carbocycles. The molecule has 0 aliphatic carbocycles. The molecule has 14 heavy (non-hydrogen) atoms. The molecule has 0 aliphatic heterocycles. The van der Waals surface area contributed by atoms with Gasteiger partial charge in [-0.1, -0.05) is 37.6 Å². The van der Waals surface area contributed by atoms with Crippen molar-refractivity contribution in [3.8, 4) is 0 Å². The lowest BCUT2D eigenvalue weighted by Gasteiger charge is -2.25. The Morgan fingerprint density at radius 3 is 2.57 bits per heavy atom. The first-order chi connectivity index (χ1) is 6.47. The molecule has 0 saturated heterocycles. The molecule has 2 N–H and O–H groups in total. The van der Waals surface area contributed by atoms with Gasteiger partial charge in [0.15, 0.2) is 0 Å². The van der Waals surface area contributed by atoms with Gasteiger partial charge in [-0.05, 0) is 24.1 Å². The quantitative estimate of drug-likeness (QED) is 0.784. The SMILES string of the molecule is Cc1ccc(C(C)(C)CON)c(Cl)c1. The maximum absolute atomic E-state index is 6.15. The molecule has 1 aromatic rings. The van der Waals surface area contributed by atoms with Gasteiger partial charge in [-0.25, -0.2) is 5.90 Å². The van der Waals surface area contributed by atoms with Crippen LogP contribution in [0.15, 0.2) is 18.2 Å². The normalized spacial score (nSPS) is 11.8. The van der Waals surface area contributed by atoms with E-state index in [1.807, 2.05) is 25.1 Å². The molecule has 2 nitrogen and oxygen atoms in total. The summed E-state index contributed by atoms with van der Waals surface area (Å²) in [7, 11) is 0. The Morgan fingerprint density at radius 2 is 2.07 bits per heavy atom. The number of aryl methyl sites for hydroxylation is 1. The smallest absolute Gasteiger partial charge is 0.0771 e. The summed E-state index contributed by atoms with van der Waals surface area (Å²) in [5.74, 6) is 5.09. The zero-order valence-electron chi connectivity index (χ0n) is 8.80. The number of rotatable bonds is 3. The van der Waals surface area contributed by atoms with Crippen LogP contribution in [0.4, 0.5) is 0 Å². The van der Waals surface area contributed by atoms with Gasteiger partial charge in [-0.15, -0.1) is 0 Å². The molecular formula is C11H16ClNO. The highest BCUT2D eigenvalue weighted by molar-refractivity contribution is 6.31. The molecular weight excluding hydrogens is 198 g/mol. The fourth-order valence-corrected chi connectivity index (χ4v) is 1.95. The van der Waals surface area contributed by atoms with E-state index in [-0.39, 0.29) is 5.41 Å². The zero-order valence-corrected chi connectivity index (χ0v) is 9.56. The summed E-state index contributed by atoms with van der Waals surface area (Å²) in [5.41, 5.74) is 2.07. The van der Waals surface area contributed by atoms with E-state index in [0.29, 0.717) is 6.61 Å². The summed E-state index contributed by atoms with van der Waals surface area (Å²) < 4.78 is 0. The molecule has 0 fully saturated rings. The van der Waals surface area contributed by atoms with Crippen molar-refractivity contribution >= 4 is 11.6 Å². The van der Waals surface area contributed by atoms with E-state index in [1.165, 1.54) is 0 Å². The van der Waals surface area contributed by atoms with Crippen molar-refractivity contribution in [2.24, 2.45) is 5.90 Å². The van der Waals surface area contributed by atoms with Gasteiger partial charge >= 0.3 is 0 Å². The number of halogens is 1. The summed E-state index contributed by atoms with van der Waals surface area (Å²) >= 11 is 6.15. The third-order valence-electron chi connectivity index (χ3n) is 2.30. The molecule has 0 heterocycles. The van der Waals surface area contributed by atoms with Gasteiger partial charge in [-0.2, -0.15) is 0 Å². The number of hydrogen-bond donors (Lipinski definition) is 1. The first kappa shape index (κ1) is 11.5. The van der Waals surface area contributed by atoms with Crippen LogP contribution >= 0.6 is 11.6 Å². The number of hydrogen-bond acceptors (Lipinski definition) is 2. The van der Waals surface area contributed by atoms with Crippen molar-refractivity contribution in [2.75, 3.05) is 6.61 Å². The second-order valence-corrected chi connectivity index (χ2v) is 4.59. The lowest BCUT2D eigenvalue weighted by Crippen LogP contribution is -2.26. The molecule has 0 radical (unpaired) electrons. The minimum atomic E-state index is -0.153. The van der Waals surface area contributed by atoms with E-state index in [1.54, 1.807) is 0 Å². The average molecular weight is 214 g/mol. The zero-order chi connectivity index (χ0) is 10.8. The minimum absolute atomic E-state index is 0.153. The van der Waals surface area contributed by atoms with Crippen molar-refractivity contribution in [2.45, 2.75) is 26.2 Å². The van der Waals surface area contributed by atoms with Gasteiger partial charge in [0.2, 0.25) is 0 Å². The van der Waals surface area contributed by atoms with Crippen LogP contribution in [0.3, 0.4) is 0 Å². The highest BCUT2D eigenvalue weighted by atomic mass is 35.5. The Balaban J connectivity index is 3.06. The van der Waals surface area contributed by atoms with Gasteiger partial charge in [0, 0.05) is 10.4 Å². The molecule has 0 amide bonds. The maximum atomic E-state index is 6.15. The standard InChI is InChI=1S/C11H16ClNO/c1-8-4-5-9(10(12)6-8)11(2,3)7-14-13/h4-6H,7,13H2,1-3H3. The third kappa shape index (κ3) is 2.47. The molecule has 0 atom stereocenters. The lowest BCUT2D eigenvalue weighted by atomic mass is 9.85. The monoisotopic (exact) mass is 213 g/mol. The molecule has 3 heteroatoms. The molecule has 0 aliphatic rings. The Labute approximate surface area is 90.0 Å². The van der Waals surface area contributed by atoms with Crippen molar-refractivity contribution < 1.29 is 4.84 Å². The Bertz CT molecular complexity index is 323. The summed E-state index contributed by atoms with van der Waals surface area (Å²) in [6.45, 7) is 6.57. The molecule has 0 unspecified atom stereocenters. The number of nitrogens with two attached hydrogens (primary N) is 1. The first-order valence-corrected chi connectivity index (χ1v) is 4.93. The largest absolute Gasteiger partial charge is 0.304 e. The van der Waals surface area contributed by atoms with E-state index in [2.05, 4.69) is 18.7 Å². The maximum Gasteiger partial charge on any atom is 0.0771 e. The van der Waals surface area contributed by atoms with E-state index in [4.69, 9.17) is 17.5 Å². The fraction of sp³-hybridized carbons (Fsp3) is 0.455. The minimum Gasteiger partial charge on any atom is -0.304 e. The van der Waals surface area contributed by atoms with Gasteiger partial charge in [-0.3, -0.25) is 0 Å². The molecule has 0 spiro atoms. The predicted octanol–water partition coefficient (Wildman–Crippen LogP) is 2.82. The van der Waals surface area contributed by atoms with Crippen LogP contribution in [0.1, 0.15) is 25.0 Å². The van der Waals surface area contributed by atoms with E-state index >= 15 is 0 Å². The second kappa shape index (κ2) is 4.30. The summed E-state index contributed by atoms with van der Waals surface area (Å²) in [6.07, 6.45) is 0. The van der Waals surface area contributed by atoms with E-state index < -0.39 is 0 Å². The van der Waals surface area contributed by atoms with Crippen LogP contribution < -0.4 is 5.90 Å². The summed E-state index contributed by atoms with van der Waals surface area (Å²) in [5, 5.41) is 0.770. The van der Waals surface area contributed by atoms with Crippen LogP contribution in [0.25, 0.3) is 0 Å². The van der Waals surface area contributed by atoms with Crippen molar-refractivity contribution in [1.82, 2.24) is 0 Å². The fourth-order valence-electron chi connectivity index (χ4n) is 1.46. The Morgan fingerprint density at radius 1 is 1.43 bits per heavy atom. The highest BCUT2D eigenvalue weighted by Crippen LogP contribution is 2.30. The Hall–Kier alpha value is -0.570. The van der Waals surface area contributed by atoms with Gasteiger partial charge in [0.05, 0.1) is 6.61 Å². The van der Waals surface area contributed by atoms with Gasteiger partial charge in [0.1, 0.15) is 0 Å². The topological polar surface area (TPSA) is 35.2 Å². The molecule has 0 aromatic heterocycles. The van der Waals surface area contributed by atoms with Crippen LogP contribution in [0.2, 0.25) is 5.02 Å². The lowest BCUT2D eigenvalue weighted by molar-refractivity contribution is 0.0964. The molecule has 78 valence electrons. The molecule has 0 bridgehead atoms. The van der Waals surface area contributed by atoms with Crippen LogP contribution in [-0.4, -0.2) is 6.61 Å². The third-order valence-corrected chi connectivity index (χ3v) is 2.61. The molecule has 1 aromatic carbocycles. The van der Waals surface area contributed by atoms with Crippen LogP contribution in [-0.2, 0) is 10.3 Å². The predicted molar refractivity (Wildman–Crippen MR) is 59.4 cm³/mol. The first-order valence-electron chi connectivity index (χ1n) is 4.55. The summed E-state index contributed by atoms with van der Waals surface area (Å²) in [6, 6.07) is 6.02. The van der Waals surface area contributed by atoms with Crippen LogP contribution in [0, 0.1) is 6.92 Å². The Kier molecular flexibility index (Phi) is 3.53. The second-order valence-electron chi connectivity index (χ2n) is 4.18. The highest BCUT2D eigenvalue weighted by Gasteiger charge is 2.23.